The van der Waals surface area contributed by atoms with Crippen molar-refractivity contribution in [3.63, 3.8) is 0 Å². The molecule has 2 unspecified atom stereocenters. The Kier molecular flexibility index (Phi) is 9.33. The fourth-order valence-corrected chi connectivity index (χ4v) is 3.78. The number of ether oxygens (including phenoxy) is 5. The molecule has 3 rings (SSSR count). The molecule has 0 aliphatic carbocycles. The molecular weight excluding hydrogens is 515 g/mol. The Balaban J connectivity index is 1.77. The van der Waals surface area contributed by atoms with Crippen LogP contribution in [0.1, 0.15) is 47.1 Å². The first-order valence-corrected chi connectivity index (χ1v) is 11.8. The molecule has 208 valence electrons. The van der Waals surface area contributed by atoms with E-state index in [2.05, 4.69) is 10.0 Å². The molecule has 1 amide bonds. The van der Waals surface area contributed by atoms with Gasteiger partial charge in [-0.1, -0.05) is 17.2 Å². The van der Waals surface area contributed by atoms with Gasteiger partial charge in [-0.2, -0.15) is 0 Å². The minimum absolute atomic E-state index is 0.0178. The number of methoxy groups -OCH3 is 2. The third kappa shape index (κ3) is 7.15. The summed E-state index contributed by atoms with van der Waals surface area (Å²) >= 11 is 0. The summed E-state index contributed by atoms with van der Waals surface area (Å²) in [6.07, 6.45) is -1.53. The second-order valence-corrected chi connectivity index (χ2v) is 9.51. The first-order chi connectivity index (χ1) is 18.5. The molecule has 0 saturated carbocycles. The van der Waals surface area contributed by atoms with E-state index in [0.717, 1.165) is 0 Å². The Bertz CT molecular complexity index is 1270. The highest BCUT2D eigenvalue weighted by Gasteiger charge is 2.39. The van der Waals surface area contributed by atoms with E-state index < -0.39 is 41.4 Å². The van der Waals surface area contributed by atoms with Crippen molar-refractivity contribution in [2.75, 3.05) is 34.1 Å². The smallest absolute Gasteiger partial charge is 0.410 e. The van der Waals surface area contributed by atoms with Gasteiger partial charge in [0.05, 0.1) is 25.3 Å². The Morgan fingerprint density at radius 3 is 2.28 bits per heavy atom. The molecule has 1 saturated heterocycles. The number of azide groups is 1. The molecule has 1 fully saturated rings. The second kappa shape index (κ2) is 12.5. The van der Waals surface area contributed by atoms with Crippen molar-refractivity contribution in [1.29, 1.82) is 0 Å². The molecule has 39 heavy (non-hydrogen) atoms. The number of esters is 1. The standard InChI is InChI=1S/C26H29FN4O8/c1-26(2,3)39-25(34)31-12-17(29-30-28)20(13-31)38-24(33)16-8-6-15(7-9-16)23(32)21-18(37-14-35-4)10-11-19(36-5)22(21)27/h6-11,17,20H,12-14H2,1-5H3. The van der Waals surface area contributed by atoms with Crippen LogP contribution in [0, 0.1) is 5.82 Å². The summed E-state index contributed by atoms with van der Waals surface area (Å²) in [5, 5.41) is 3.65. The predicted octanol–water partition coefficient (Wildman–Crippen LogP) is 4.50. The Labute approximate surface area is 224 Å². The molecule has 1 heterocycles. The number of amides is 1. The quantitative estimate of drug-likeness (QED) is 0.112. The molecule has 0 spiro atoms. The van der Waals surface area contributed by atoms with Crippen LogP contribution in [-0.4, -0.2) is 74.6 Å². The molecule has 0 aromatic heterocycles. The average Bonchev–Trinajstić information content (AvgIpc) is 3.29. The summed E-state index contributed by atoms with van der Waals surface area (Å²) in [5.41, 5.74) is 7.98. The van der Waals surface area contributed by atoms with E-state index >= 15 is 0 Å². The zero-order chi connectivity index (χ0) is 28.7. The Hall–Kier alpha value is -4.35. The lowest BCUT2D eigenvalue weighted by molar-refractivity contribution is 0.0184. The van der Waals surface area contributed by atoms with E-state index in [4.69, 9.17) is 29.2 Å². The number of benzene rings is 2. The van der Waals surface area contributed by atoms with Gasteiger partial charge in [0.1, 0.15) is 23.0 Å². The molecule has 1 aliphatic heterocycles. The van der Waals surface area contributed by atoms with E-state index in [1.807, 2.05) is 0 Å². The van der Waals surface area contributed by atoms with Crippen LogP contribution < -0.4 is 9.47 Å². The topological polar surface area (TPSA) is 149 Å². The molecule has 1 aliphatic rings. The summed E-state index contributed by atoms with van der Waals surface area (Å²) in [6, 6.07) is 7.26. The lowest BCUT2D eigenvalue weighted by atomic mass is 10.00. The molecule has 12 nitrogen and oxygen atoms in total. The molecule has 2 atom stereocenters. The van der Waals surface area contributed by atoms with Gasteiger partial charge in [0.25, 0.3) is 0 Å². The summed E-state index contributed by atoms with van der Waals surface area (Å²) in [5.74, 6) is -2.55. The van der Waals surface area contributed by atoms with Crippen LogP contribution in [0.4, 0.5) is 9.18 Å². The van der Waals surface area contributed by atoms with Crippen molar-refractivity contribution in [1.82, 2.24) is 4.90 Å². The zero-order valence-electron chi connectivity index (χ0n) is 22.2. The van der Waals surface area contributed by atoms with E-state index in [9.17, 15) is 18.8 Å². The number of ketones is 1. The molecule has 0 N–H and O–H groups in total. The van der Waals surface area contributed by atoms with Crippen molar-refractivity contribution >= 4 is 17.8 Å². The maximum absolute atomic E-state index is 15.0. The van der Waals surface area contributed by atoms with Gasteiger partial charge < -0.3 is 28.6 Å². The minimum atomic E-state index is -0.909. The van der Waals surface area contributed by atoms with Crippen molar-refractivity contribution in [2.45, 2.75) is 38.5 Å². The Morgan fingerprint density at radius 1 is 1.05 bits per heavy atom. The van der Waals surface area contributed by atoms with Gasteiger partial charge >= 0.3 is 12.1 Å². The summed E-state index contributed by atoms with van der Waals surface area (Å²) in [7, 11) is 2.65. The van der Waals surface area contributed by atoms with E-state index in [1.165, 1.54) is 55.5 Å². The zero-order valence-corrected chi connectivity index (χ0v) is 22.2. The molecule has 0 bridgehead atoms. The lowest BCUT2D eigenvalue weighted by Crippen LogP contribution is -2.36. The van der Waals surface area contributed by atoms with Crippen molar-refractivity contribution in [3.8, 4) is 11.5 Å². The van der Waals surface area contributed by atoms with Crippen LogP contribution in [0.15, 0.2) is 41.5 Å². The number of hydrogen-bond donors (Lipinski definition) is 0. The third-order valence-electron chi connectivity index (χ3n) is 5.58. The summed E-state index contributed by atoms with van der Waals surface area (Å²) in [4.78, 5) is 42.5. The summed E-state index contributed by atoms with van der Waals surface area (Å²) in [6.45, 7) is 4.93. The van der Waals surface area contributed by atoms with Gasteiger partial charge in [-0.3, -0.25) is 4.79 Å². The predicted molar refractivity (Wildman–Crippen MR) is 135 cm³/mol. The summed E-state index contributed by atoms with van der Waals surface area (Å²) < 4.78 is 41.0. The van der Waals surface area contributed by atoms with Crippen LogP contribution in [0.5, 0.6) is 11.5 Å². The van der Waals surface area contributed by atoms with E-state index in [1.54, 1.807) is 20.8 Å². The molecular formula is C26H29FN4O8. The largest absolute Gasteiger partial charge is 0.494 e. The first-order valence-electron chi connectivity index (χ1n) is 11.8. The lowest BCUT2D eigenvalue weighted by Gasteiger charge is -2.24. The molecule has 13 heteroatoms. The van der Waals surface area contributed by atoms with Crippen LogP contribution in [0.3, 0.4) is 0 Å². The van der Waals surface area contributed by atoms with Crippen LogP contribution in [0.2, 0.25) is 0 Å². The monoisotopic (exact) mass is 544 g/mol. The number of carbonyl (C=O) groups excluding carboxylic acids is 3. The van der Waals surface area contributed by atoms with Crippen LogP contribution in [-0.2, 0) is 14.2 Å². The maximum Gasteiger partial charge on any atom is 0.410 e. The van der Waals surface area contributed by atoms with Crippen LogP contribution in [0.25, 0.3) is 10.4 Å². The fourth-order valence-electron chi connectivity index (χ4n) is 3.78. The maximum atomic E-state index is 15.0. The highest BCUT2D eigenvalue weighted by molar-refractivity contribution is 6.11. The highest BCUT2D eigenvalue weighted by Crippen LogP contribution is 2.31. The van der Waals surface area contributed by atoms with Gasteiger partial charge in [-0.15, -0.1) is 0 Å². The van der Waals surface area contributed by atoms with Gasteiger partial charge in [0, 0.05) is 24.1 Å². The SMILES string of the molecule is COCOc1ccc(OC)c(F)c1C(=O)c1ccc(C(=O)OC2CN(C(=O)OC(C)(C)C)CC2N=[N+]=[N-])cc1. The number of hydrogen-bond acceptors (Lipinski definition) is 9. The van der Waals surface area contributed by atoms with Gasteiger partial charge in [0.2, 0.25) is 0 Å². The molecule has 2 aromatic carbocycles. The van der Waals surface area contributed by atoms with E-state index in [0.29, 0.717) is 0 Å². The second-order valence-electron chi connectivity index (χ2n) is 9.51. The number of nitrogens with zero attached hydrogens (tertiary/aromatic N) is 4. The van der Waals surface area contributed by atoms with Crippen LogP contribution >= 0.6 is 0 Å². The minimum Gasteiger partial charge on any atom is -0.494 e. The van der Waals surface area contributed by atoms with Gasteiger partial charge in [-0.05, 0) is 50.6 Å². The number of carbonyl (C=O) groups is 3. The Morgan fingerprint density at radius 2 is 1.69 bits per heavy atom. The van der Waals surface area contributed by atoms with Gasteiger partial charge in [-0.25, -0.2) is 14.0 Å². The first kappa shape index (κ1) is 29.2. The van der Waals surface area contributed by atoms with Crippen molar-refractivity contribution < 1.29 is 42.5 Å². The third-order valence-corrected chi connectivity index (χ3v) is 5.58. The number of halogens is 1. The van der Waals surface area contributed by atoms with E-state index in [-0.39, 0.29) is 48.1 Å². The average molecular weight is 545 g/mol. The van der Waals surface area contributed by atoms with Crippen molar-refractivity contribution in [2.24, 2.45) is 5.11 Å². The van der Waals surface area contributed by atoms with Crippen molar-refractivity contribution in [3.05, 3.63) is 69.3 Å². The molecule has 0 radical (unpaired) electrons. The normalized spacial score (nSPS) is 16.7. The highest BCUT2D eigenvalue weighted by atomic mass is 19.1. The number of rotatable bonds is 9. The molecule has 2 aromatic rings. The number of likely N-dealkylation sites (tertiary alicyclic amines) is 1. The van der Waals surface area contributed by atoms with Gasteiger partial charge in [0.15, 0.2) is 24.1 Å². The fraction of sp³-hybridized carbons (Fsp3) is 0.423.